The molecule has 6 nitrogen and oxygen atoms in total. The van der Waals surface area contributed by atoms with Crippen LogP contribution in [-0.4, -0.2) is 38.4 Å². The third-order valence-corrected chi connectivity index (χ3v) is 7.85. The lowest BCUT2D eigenvalue weighted by Crippen LogP contribution is -2.20. The van der Waals surface area contributed by atoms with Crippen LogP contribution in [0, 0.1) is 0 Å². The number of ether oxygens (including phenoxy) is 1. The van der Waals surface area contributed by atoms with Crippen molar-refractivity contribution in [2.45, 2.75) is 24.0 Å². The fourth-order valence-electron chi connectivity index (χ4n) is 2.76. The van der Waals surface area contributed by atoms with Crippen molar-refractivity contribution in [3.05, 3.63) is 46.3 Å². The van der Waals surface area contributed by atoms with E-state index in [0.29, 0.717) is 21.0 Å². The lowest BCUT2D eigenvalue weighted by atomic mass is 10.1. The van der Waals surface area contributed by atoms with Crippen LogP contribution in [0.1, 0.15) is 27.7 Å². The van der Waals surface area contributed by atoms with E-state index in [9.17, 15) is 18.0 Å². The summed E-state index contributed by atoms with van der Waals surface area (Å²) in [6.45, 7) is 1.91. The standard InChI is InChI=1S/C18H19NO5S3/c1-2-24-18(21)16-13-8-9-27(22,23)11-14(13)26-17(16)19-15(20)10-25-12-6-4-3-5-7-12/h3-7H,2,8-11H2,1H3,(H,19,20). The summed E-state index contributed by atoms with van der Waals surface area (Å²) in [7, 11) is -3.17. The van der Waals surface area contributed by atoms with Gasteiger partial charge in [-0.15, -0.1) is 23.1 Å². The van der Waals surface area contributed by atoms with Crippen LogP contribution >= 0.6 is 23.1 Å². The van der Waals surface area contributed by atoms with E-state index in [4.69, 9.17) is 4.74 Å². The fraction of sp³-hybridized carbons (Fsp3) is 0.333. The Labute approximate surface area is 166 Å². The van der Waals surface area contributed by atoms with Crippen molar-refractivity contribution < 1.29 is 22.7 Å². The molecule has 0 saturated heterocycles. The first-order valence-corrected chi connectivity index (χ1v) is 12.0. The van der Waals surface area contributed by atoms with Crippen LogP contribution in [-0.2, 0) is 31.5 Å². The Morgan fingerprint density at radius 1 is 1.26 bits per heavy atom. The van der Waals surface area contributed by atoms with Gasteiger partial charge in [0.2, 0.25) is 5.91 Å². The highest BCUT2D eigenvalue weighted by molar-refractivity contribution is 8.00. The topological polar surface area (TPSA) is 89.5 Å². The number of benzene rings is 1. The van der Waals surface area contributed by atoms with Crippen LogP contribution in [0.5, 0.6) is 0 Å². The predicted octanol–water partition coefficient (Wildman–Crippen LogP) is 3.13. The molecule has 0 saturated carbocycles. The summed E-state index contributed by atoms with van der Waals surface area (Å²) >= 11 is 2.53. The first kappa shape index (κ1) is 19.9. The summed E-state index contributed by atoms with van der Waals surface area (Å²) in [4.78, 5) is 26.3. The molecule has 1 aromatic carbocycles. The number of amides is 1. The third kappa shape index (κ3) is 4.91. The van der Waals surface area contributed by atoms with Crippen LogP contribution in [0.4, 0.5) is 5.00 Å². The zero-order valence-electron chi connectivity index (χ0n) is 14.7. The highest BCUT2D eigenvalue weighted by atomic mass is 32.2. The Morgan fingerprint density at radius 2 is 2.00 bits per heavy atom. The van der Waals surface area contributed by atoms with Crippen molar-refractivity contribution in [2.24, 2.45) is 0 Å². The molecule has 0 bridgehead atoms. The summed E-state index contributed by atoms with van der Waals surface area (Å²) in [6.07, 6.45) is 0.261. The van der Waals surface area contributed by atoms with E-state index in [1.54, 1.807) is 6.92 Å². The zero-order valence-corrected chi connectivity index (χ0v) is 17.1. The predicted molar refractivity (Wildman–Crippen MR) is 107 cm³/mol. The Kier molecular flexibility index (Phi) is 6.23. The minimum atomic E-state index is -3.17. The van der Waals surface area contributed by atoms with Gasteiger partial charge in [-0.1, -0.05) is 18.2 Å². The summed E-state index contributed by atoms with van der Waals surface area (Å²) in [6, 6.07) is 9.52. The highest BCUT2D eigenvalue weighted by Crippen LogP contribution is 2.38. The van der Waals surface area contributed by atoms with Crippen LogP contribution in [0.15, 0.2) is 35.2 Å². The maximum absolute atomic E-state index is 12.4. The van der Waals surface area contributed by atoms with Gasteiger partial charge in [-0.2, -0.15) is 0 Å². The molecule has 1 aromatic heterocycles. The Bertz CT molecular complexity index is 951. The van der Waals surface area contributed by atoms with E-state index in [1.807, 2.05) is 30.3 Å². The number of rotatable bonds is 6. The number of hydrogen-bond donors (Lipinski definition) is 1. The van der Waals surface area contributed by atoms with Gasteiger partial charge in [0.05, 0.1) is 29.4 Å². The number of carbonyl (C=O) groups excluding carboxylic acids is 2. The van der Waals surface area contributed by atoms with Crippen molar-refractivity contribution in [3.63, 3.8) is 0 Å². The molecule has 0 unspecified atom stereocenters. The maximum Gasteiger partial charge on any atom is 0.341 e. The smallest absolute Gasteiger partial charge is 0.341 e. The number of hydrogen-bond acceptors (Lipinski definition) is 7. The molecule has 0 radical (unpaired) electrons. The molecule has 27 heavy (non-hydrogen) atoms. The molecule has 2 aromatic rings. The number of esters is 1. The molecule has 2 heterocycles. The quantitative estimate of drug-likeness (QED) is 0.565. The zero-order chi connectivity index (χ0) is 19.4. The highest BCUT2D eigenvalue weighted by Gasteiger charge is 2.31. The monoisotopic (exact) mass is 425 g/mol. The van der Waals surface area contributed by atoms with Gasteiger partial charge in [0.25, 0.3) is 0 Å². The first-order chi connectivity index (χ1) is 12.9. The number of fused-ring (bicyclic) bond motifs is 1. The van der Waals surface area contributed by atoms with Crippen LogP contribution in [0.2, 0.25) is 0 Å². The van der Waals surface area contributed by atoms with Crippen molar-refractivity contribution in [1.82, 2.24) is 0 Å². The number of carbonyl (C=O) groups is 2. The van der Waals surface area contributed by atoms with Crippen molar-refractivity contribution in [3.8, 4) is 0 Å². The summed E-state index contributed by atoms with van der Waals surface area (Å²) < 4.78 is 28.9. The summed E-state index contributed by atoms with van der Waals surface area (Å²) in [5.74, 6) is -0.696. The minimum absolute atomic E-state index is 0.000381. The number of anilines is 1. The van der Waals surface area contributed by atoms with Gasteiger partial charge < -0.3 is 10.1 Å². The lowest BCUT2D eigenvalue weighted by molar-refractivity contribution is -0.113. The normalized spacial score (nSPS) is 15.0. The van der Waals surface area contributed by atoms with Gasteiger partial charge >= 0.3 is 5.97 Å². The van der Waals surface area contributed by atoms with Crippen LogP contribution in [0.25, 0.3) is 0 Å². The molecule has 1 aliphatic heterocycles. The SMILES string of the molecule is CCOC(=O)c1c(NC(=O)CSc2ccccc2)sc2c1CCS(=O)(=O)C2. The van der Waals surface area contributed by atoms with E-state index < -0.39 is 15.8 Å². The maximum atomic E-state index is 12.4. The van der Waals surface area contributed by atoms with E-state index in [0.717, 1.165) is 16.2 Å². The molecule has 3 rings (SSSR count). The second kappa shape index (κ2) is 8.45. The van der Waals surface area contributed by atoms with Crippen LogP contribution in [0.3, 0.4) is 0 Å². The average Bonchev–Trinajstić information content (AvgIpc) is 2.96. The van der Waals surface area contributed by atoms with E-state index in [-0.39, 0.29) is 36.2 Å². The Hall–Kier alpha value is -1.84. The number of thiophene rings is 1. The lowest BCUT2D eigenvalue weighted by Gasteiger charge is -2.13. The minimum Gasteiger partial charge on any atom is -0.462 e. The Morgan fingerprint density at radius 3 is 2.70 bits per heavy atom. The molecule has 0 atom stereocenters. The van der Waals surface area contributed by atoms with Gasteiger partial charge in [0.15, 0.2) is 9.84 Å². The van der Waals surface area contributed by atoms with E-state index in [2.05, 4.69) is 5.32 Å². The molecule has 0 spiro atoms. The summed E-state index contributed by atoms with van der Waals surface area (Å²) in [5, 5.41) is 3.14. The number of thioether (sulfide) groups is 1. The molecule has 1 amide bonds. The van der Waals surface area contributed by atoms with E-state index in [1.165, 1.54) is 11.8 Å². The number of sulfone groups is 1. The molecule has 1 N–H and O–H groups in total. The second-order valence-corrected chi connectivity index (χ2v) is 10.3. The van der Waals surface area contributed by atoms with E-state index >= 15 is 0 Å². The van der Waals surface area contributed by atoms with Gasteiger partial charge in [-0.25, -0.2) is 13.2 Å². The fourth-order valence-corrected chi connectivity index (χ4v) is 6.53. The molecule has 0 aliphatic carbocycles. The van der Waals surface area contributed by atoms with Gasteiger partial charge in [-0.3, -0.25) is 4.79 Å². The van der Waals surface area contributed by atoms with Gasteiger partial charge in [-0.05, 0) is 31.0 Å². The molecule has 1 aliphatic rings. The third-order valence-electron chi connectivity index (χ3n) is 3.95. The number of nitrogens with one attached hydrogen (secondary N) is 1. The van der Waals surface area contributed by atoms with Crippen molar-refractivity contribution in [2.75, 3.05) is 23.4 Å². The van der Waals surface area contributed by atoms with Crippen molar-refractivity contribution in [1.29, 1.82) is 0 Å². The molecule has 0 fully saturated rings. The molecule has 144 valence electrons. The molecular weight excluding hydrogens is 406 g/mol. The molecule has 9 heteroatoms. The van der Waals surface area contributed by atoms with Gasteiger partial charge in [0, 0.05) is 9.77 Å². The molecular formula is C18H19NO5S3. The van der Waals surface area contributed by atoms with Crippen molar-refractivity contribution >= 4 is 49.8 Å². The van der Waals surface area contributed by atoms with Gasteiger partial charge in [0.1, 0.15) is 5.00 Å². The largest absolute Gasteiger partial charge is 0.462 e. The second-order valence-electron chi connectivity index (χ2n) is 5.92. The average molecular weight is 426 g/mol. The first-order valence-electron chi connectivity index (χ1n) is 8.39. The van der Waals surface area contributed by atoms with Crippen LogP contribution < -0.4 is 5.32 Å². The Balaban J connectivity index is 1.80. The summed E-state index contributed by atoms with van der Waals surface area (Å²) in [5.41, 5.74) is 0.976.